The summed E-state index contributed by atoms with van der Waals surface area (Å²) in [6, 6.07) is 0. The predicted octanol–water partition coefficient (Wildman–Crippen LogP) is 0.436. The van der Waals surface area contributed by atoms with E-state index in [1.165, 1.54) is 0 Å². The highest BCUT2D eigenvalue weighted by Crippen LogP contribution is 2.12. The lowest BCUT2D eigenvalue weighted by Crippen LogP contribution is -2.04. The van der Waals surface area contributed by atoms with Gasteiger partial charge < -0.3 is 4.74 Å². The molecule has 0 saturated carbocycles. The first-order chi connectivity index (χ1) is 5.33. The zero-order valence-electron chi connectivity index (χ0n) is 6.12. The van der Waals surface area contributed by atoms with Crippen LogP contribution in [0.3, 0.4) is 0 Å². The highest BCUT2D eigenvalue weighted by Gasteiger charge is 2.21. The number of hydrogen-bond acceptors (Lipinski definition) is 4. The standard InChI is InChI=1S/C7H10O4/c1-2-7(8)11-10-4-3-6-5-9-6/h2,6H,1,3-5H2. The number of epoxide rings is 1. The number of carbonyl (C=O) groups is 1. The van der Waals surface area contributed by atoms with E-state index in [1.807, 2.05) is 0 Å². The Kier molecular flexibility index (Phi) is 3.07. The van der Waals surface area contributed by atoms with Gasteiger partial charge in [-0.05, 0) is 0 Å². The van der Waals surface area contributed by atoms with Crippen LogP contribution < -0.4 is 0 Å². The number of hydrogen-bond donors (Lipinski definition) is 0. The van der Waals surface area contributed by atoms with Gasteiger partial charge in [-0.2, -0.15) is 4.89 Å². The molecule has 0 spiro atoms. The van der Waals surface area contributed by atoms with E-state index in [0.717, 1.165) is 19.1 Å². The second-order valence-electron chi connectivity index (χ2n) is 2.17. The fraction of sp³-hybridized carbons (Fsp3) is 0.571. The molecule has 1 fully saturated rings. The van der Waals surface area contributed by atoms with Crippen LogP contribution in [0.15, 0.2) is 12.7 Å². The Labute approximate surface area is 64.7 Å². The minimum atomic E-state index is -0.568. The summed E-state index contributed by atoms with van der Waals surface area (Å²) in [5, 5.41) is 0. The normalized spacial score (nSPS) is 20.9. The lowest BCUT2D eigenvalue weighted by Gasteiger charge is -1.97. The van der Waals surface area contributed by atoms with Crippen molar-refractivity contribution >= 4 is 5.97 Å². The maximum absolute atomic E-state index is 10.4. The van der Waals surface area contributed by atoms with E-state index < -0.39 is 5.97 Å². The predicted molar refractivity (Wildman–Crippen MR) is 36.6 cm³/mol. The summed E-state index contributed by atoms with van der Waals surface area (Å²) in [6.45, 7) is 4.38. The molecule has 62 valence electrons. The van der Waals surface area contributed by atoms with Crippen molar-refractivity contribution in [3.05, 3.63) is 12.7 Å². The molecule has 1 aliphatic rings. The Morgan fingerprint density at radius 3 is 3.09 bits per heavy atom. The van der Waals surface area contributed by atoms with Crippen LogP contribution in [0.5, 0.6) is 0 Å². The molecule has 4 nitrogen and oxygen atoms in total. The third-order valence-corrected chi connectivity index (χ3v) is 1.23. The lowest BCUT2D eigenvalue weighted by molar-refractivity contribution is -0.267. The van der Waals surface area contributed by atoms with Crippen LogP contribution in [0, 0.1) is 0 Å². The van der Waals surface area contributed by atoms with E-state index in [0.29, 0.717) is 12.7 Å². The number of ether oxygens (including phenoxy) is 1. The fourth-order valence-electron chi connectivity index (χ4n) is 0.548. The smallest absolute Gasteiger partial charge is 0.365 e. The van der Waals surface area contributed by atoms with Crippen molar-refractivity contribution in [1.82, 2.24) is 0 Å². The third-order valence-electron chi connectivity index (χ3n) is 1.23. The Bertz CT molecular complexity index is 151. The number of rotatable bonds is 5. The van der Waals surface area contributed by atoms with Gasteiger partial charge in [0.1, 0.15) is 0 Å². The molecule has 1 aliphatic heterocycles. The van der Waals surface area contributed by atoms with Crippen molar-refractivity contribution in [1.29, 1.82) is 0 Å². The van der Waals surface area contributed by atoms with Gasteiger partial charge in [0.25, 0.3) is 0 Å². The van der Waals surface area contributed by atoms with E-state index in [9.17, 15) is 4.79 Å². The molecule has 0 aromatic heterocycles. The molecular weight excluding hydrogens is 148 g/mol. The van der Waals surface area contributed by atoms with E-state index in [1.54, 1.807) is 0 Å². The van der Waals surface area contributed by atoms with Gasteiger partial charge >= 0.3 is 5.97 Å². The van der Waals surface area contributed by atoms with Crippen molar-refractivity contribution in [3.8, 4) is 0 Å². The van der Waals surface area contributed by atoms with Crippen LogP contribution in [-0.4, -0.2) is 25.3 Å². The first kappa shape index (κ1) is 8.23. The van der Waals surface area contributed by atoms with Crippen LogP contribution in [0.1, 0.15) is 6.42 Å². The average molecular weight is 158 g/mol. The van der Waals surface area contributed by atoms with Gasteiger partial charge in [-0.15, -0.1) is 0 Å². The highest BCUT2D eigenvalue weighted by molar-refractivity contribution is 5.80. The Morgan fingerprint density at radius 1 is 1.82 bits per heavy atom. The van der Waals surface area contributed by atoms with Gasteiger partial charge in [-0.25, -0.2) is 4.79 Å². The summed E-state index contributed by atoms with van der Waals surface area (Å²) in [5.74, 6) is -0.568. The molecule has 0 aliphatic carbocycles. The first-order valence-corrected chi connectivity index (χ1v) is 3.40. The molecule has 0 bridgehead atoms. The number of carbonyl (C=O) groups excluding carboxylic acids is 1. The quantitative estimate of drug-likeness (QED) is 0.191. The van der Waals surface area contributed by atoms with Gasteiger partial charge in [-0.3, -0.25) is 4.89 Å². The summed E-state index contributed by atoms with van der Waals surface area (Å²) >= 11 is 0. The molecule has 1 unspecified atom stereocenters. The summed E-state index contributed by atoms with van der Waals surface area (Å²) in [6.07, 6.45) is 2.12. The summed E-state index contributed by atoms with van der Waals surface area (Å²) < 4.78 is 4.90. The topological polar surface area (TPSA) is 48.1 Å². The van der Waals surface area contributed by atoms with Crippen LogP contribution in [0.2, 0.25) is 0 Å². The summed E-state index contributed by atoms with van der Waals surface area (Å²) in [5.41, 5.74) is 0. The van der Waals surface area contributed by atoms with Crippen LogP contribution in [-0.2, 0) is 19.3 Å². The zero-order valence-corrected chi connectivity index (χ0v) is 6.12. The monoisotopic (exact) mass is 158 g/mol. The van der Waals surface area contributed by atoms with Crippen LogP contribution in [0.4, 0.5) is 0 Å². The molecule has 1 saturated heterocycles. The van der Waals surface area contributed by atoms with E-state index in [4.69, 9.17) is 4.74 Å². The van der Waals surface area contributed by atoms with E-state index in [2.05, 4.69) is 16.4 Å². The van der Waals surface area contributed by atoms with Crippen LogP contribution >= 0.6 is 0 Å². The van der Waals surface area contributed by atoms with E-state index >= 15 is 0 Å². The Hall–Kier alpha value is -0.870. The largest absolute Gasteiger partial charge is 0.373 e. The average Bonchev–Trinajstić information content (AvgIpc) is 2.81. The van der Waals surface area contributed by atoms with Crippen molar-refractivity contribution in [2.45, 2.75) is 12.5 Å². The minimum Gasteiger partial charge on any atom is -0.373 e. The molecule has 1 rings (SSSR count). The lowest BCUT2D eigenvalue weighted by atomic mass is 10.4. The minimum absolute atomic E-state index is 0.303. The molecule has 0 N–H and O–H groups in total. The van der Waals surface area contributed by atoms with Gasteiger partial charge in [0.05, 0.1) is 19.3 Å². The second-order valence-corrected chi connectivity index (χ2v) is 2.17. The fourth-order valence-corrected chi connectivity index (χ4v) is 0.548. The maximum atomic E-state index is 10.4. The van der Waals surface area contributed by atoms with Crippen molar-refractivity contribution in [3.63, 3.8) is 0 Å². The van der Waals surface area contributed by atoms with Crippen LogP contribution in [0.25, 0.3) is 0 Å². The molecule has 0 radical (unpaired) electrons. The third kappa shape index (κ3) is 3.75. The highest BCUT2D eigenvalue weighted by atomic mass is 17.2. The van der Waals surface area contributed by atoms with Crippen molar-refractivity contribution in [2.24, 2.45) is 0 Å². The molecule has 0 aromatic rings. The van der Waals surface area contributed by atoms with Gasteiger partial charge in [0.15, 0.2) is 0 Å². The molecule has 4 heteroatoms. The van der Waals surface area contributed by atoms with E-state index in [-0.39, 0.29) is 0 Å². The molecule has 0 amide bonds. The summed E-state index contributed by atoms with van der Waals surface area (Å²) in [7, 11) is 0. The second kappa shape index (κ2) is 4.10. The van der Waals surface area contributed by atoms with Crippen molar-refractivity contribution < 1.29 is 19.3 Å². The SMILES string of the molecule is C=CC(=O)OOCCC1CO1. The maximum Gasteiger partial charge on any atom is 0.365 e. The molecule has 1 atom stereocenters. The molecular formula is C7H10O4. The molecule has 11 heavy (non-hydrogen) atoms. The van der Waals surface area contributed by atoms with Crippen molar-refractivity contribution in [2.75, 3.05) is 13.2 Å². The Morgan fingerprint density at radius 2 is 2.55 bits per heavy atom. The zero-order chi connectivity index (χ0) is 8.10. The molecule has 1 heterocycles. The first-order valence-electron chi connectivity index (χ1n) is 3.40. The summed E-state index contributed by atoms with van der Waals surface area (Å²) in [4.78, 5) is 19.2. The van der Waals surface area contributed by atoms with Gasteiger partial charge in [0, 0.05) is 12.5 Å². The molecule has 0 aromatic carbocycles. The van der Waals surface area contributed by atoms with Gasteiger partial charge in [0.2, 0.25) is 0 Å². The Balaban J connectivity index is 1.86. The van der Waals surface area contributed by atoms with Gasteiger partial charge in [-0.1, -0.05) is 6.58 Å².